The van der Waals surface area contributed by atoms with Gasteiger partial charge in [0.25, 0.3) is 5.91 Å². The van der Waals surface area contributed by atoms with Gasteiger partial charge in [-0.15, -0.1) is 0 Å². The number of aliphatic carboxylic acids is 1. The molecule has 1 atom stereocenters. The number of carboxylic acids is 1. The second kappa shape index (κ2) is 8.28. The topological polar surface area (TPSA) is 108 Å². The number of anilines is 1. The number of rotatable bonds is 7. The summed E-state index contributed by atoms with van der Waals surface area (Å²) in [5.41, 5.74) is 0.766. The van der Waals surface area contributed by atoms with Crippen LogP contribution in [-0.2, 0) is 9.59 Å². The van der Waals surface area contributed by atoms with Crippen LogP contribution in [0.1, 0.15) is 38.7 Å². The zero-order valence-corrected chi connectivity index (χ0v) is 16.2. The number of nitrogens with one attached hydrogen (secondary N) is 2. The van der Waals surface area contributed by atoms with Gasteiger partial charge in [0.2, 0.25) is 0 Å². The van der Waals surface area contributed by atoms with Crippen molar-refractivity contribution in [2.24, 2.45) is 0 Å². The molecule has 1 aromatic rings. The van der Waals surface area contributed by atoms with Crippen molar-refractivity contribution in [3.63, 3.8) is 0 Å². The maximum Gasteiger partial charge on any atom is 0.319 e. The molecule has 1 aliphatic heterocycles. The molecule has 1 fully saturated rings. The number of carbonyl (C=O) groups is 3. The number of benzene rings is 1. The minimum absolute atomic E-state index is 0.0204. The first-order valence-corrected chi connectivity index (χ1v) is 8.90. The second-order valence-electron chi connectivity index (χ2n) is 7.49. The van der Waals surface area contributed by atoms with Gasteiger partial charge in [0.15, 0.2) is 6.10 Å². The largest absolute Gasteiger partial charge is 0.481 e. The number of carbonyl (C=O) groups excluding carboxylic acids is 2. The lowest BCUT2D eigenvalue weighted by atomic mass is 9.99. The highest BCUT2D eigenvalue weighted by atomic mass is 16.5. The zero-order valence-electron chi connectivity index (χ0n) is 16.2. The minimum Gasteiger partial charge on any atom is -0.481 e. The number of likely N-dealkylation sites (tertiary alicyclic amines) is 1. The molecule has 1 unspecified atom stereocenters. The molecule has 0 aromatic heterocycles. The molecule has 2 rings (SSSR count). The molecule has 3 N–H and O–H groups in total. The lowest BCUT2D eigenvalue weighted by molar-refractivity contribution is -0.137. The Hall–Kier alpha value is -2.77. The van der Waals surface area contributed by atoms with Crippen molar-refractivity contribution < 1.29 is 24.2 Å². The molecule has 1 aliphatic rings. The number of ether oxygens (including phenoxy) is 1. The molecular weight excluding hydrogens is 350 g/mol. The lowest BCUT2D eigenvalue weighted by Crippen LogP contribution is -2.45. The number of hydrogen-bond acceptors (Lipinski definition) is 4. The smallest absolute Gasteiger partial charge is 0.319 e. The average Bonchev–Trinajstić information content (AvgIpc) is 2.87. The number of amides is 3. The normalized spacial score (nSPS) is 17.0. The molecule has 148 valence electrons. The molecule has 3 amide bonds. The van der Waals surface area contributed by atoms with Gasteiger partial charge >= 0.3 is 12.0 Å². The number of nitrogens with zero attached hydrogens (tertiary/aromatic N) is 1. The maximum absolute atomic E-state index is 12.2. The van der Waals surface area contributed by atoms with Gasteiger partial charge in [-0.1, -0.05) is 0 Å². The van der Waals surface area contributed by atoms with Gasteiger partial charge in [-0.05, 0) is 51.0 Å². The first kappa shape index (κ1) is 20.5. The van der Waals surface area contributed by atoms with E-state index in [1.54, 1.807) is 44.0 Å². The van der Waals surface area contributed by atoms with Crippen LogP contribution in [0.4, 0.5) is 10.5 Å². The molecule has 8 nitrogen and oxygen atoms in total. The van der Waals surface area contributed by atoms with Crippen LogP contribution in [0.3, 0.4) is 0 Å². The molecule has 1 saturated heterocycles. The van der Waals surface area contributed by atoms with Gasteiger partial charge in [0.05, 0.1) is 0 Å². The average molecular weight is 377 g/mol. The molecule has 0 saturated carbocycles. The molecule has 1 heterocycles. The van der Waals surface area contributed by atoms with E-state index in [4.69, 9.17) is 9.84 Å². The van der Waals surface area contributed by atoms with Crippen LogP contribution in [0, 0.1) is 6.92 Å². The third kappa shape index (κ3) is 5.87. The quantitative estimate of drug-likeness (QED) is 0.676. The molecular formula is C19H27N3O5. The standard InChI is InChI=1S/C19H27N3O5/c1-12-11-13(27-15-8-10-22(4)17(15)25)5-6-14(12)20-18(26)21-19(2,3)9-7-16(23)24/h5-6,11,15H,7-10H2,1-4H3,(H,23,24)(H2,20,21,26). The van der Waals surface area contributed by atoms with Crippen LogP contribution in [0.25, 0.3) is 0 Å². The molecule has 8 heteroatoms. The Morgan fingerprint density at radius 2 is 2.07 bits per heavy atom. The predicted molar refractivity (Wildman–Crippen MR) is 101 cm³/mol. The fourth-order valence-electron chi connectivity index (χ4n) is 2.86. The monoisotopic (exact) mass is 377 g/mol. The number of carboxylic acid groups (broad SMARTS) is 1. The molecule has 0 spiro atoms. The molecule has 1 aromatic carbocycles. The zero-order chi connectivity index (χ0) is 20.2. The van der Waals surface area contributed by atoms with Crippen molar-refractivity contribution >= 4 is 23.6 Å². The van der Waals surface area contributed by atoms with Crippen LogP contribution >= 0.6 is 0 Å². The summed E-state index contributed by atoms with van der Waals surface area (Å²) in [6.07, 6.45) is 0.493. The van der Waals surface area contributed by atoms with Crippen LogP contribution in [0.2, 0.25) is 0 Å². The third-order valence-electron chi connectivity index (χ3n) is 4.52. The van der Waals surface area contributed by atoms with E-state index in [1.807, 2.05) is 6.92 Å². The fraction of sp³-hybridized carbons (Fsp3) is 0.526. The first-order valence-electron chi connectivity index (χ1n) is 8.90. The number of aryl methyl sites for hydroxylation is 1. The van der Waals surface area contributed by atoms with Gasteiger partial charge in [0, 0.05) is 37.7 Å². The van der Waals surface area contributed by atoms with Gasteiger partial charge in [-0.25, -0.2) is 4.79 Å². The van der Waals surface area contributed by atoms with Gasteiger partial charge in [-0.2, -0.15) is 0 Å². The van der Waals surface area contributed by atoms with E-state index in [1.165, 1.54) is 0 Å². The lowest BCUT2D eigenvalue weighted by Gasteiger charge is -2.26. The van der Waals surface area contributed by atoms with Crippen molar-refractivity contribution in [3.8, 4) is 5.75 Å². The van der Waals surface area contributed by atoms with E-state index in [9.17, 15) is 14.4 Å². The summed E-state index contributed by atoms with van der Waals surface area (Å²) >= 11 is 0. The maximum atomic E-state index is 12.2. The van der Waals surface area contributed by atoms with Gasteiger partial charge < -0.3 is 25.4 Å². The van der Waals surface area contributed by atoms with Crippen LogP contribution < -0.4 is 15.4 Å². The summed E-state index contributed by atoms with van der Waals surface area (Å²) in [4.78, 5) is 36.5. The minimum atomic E-state index is -0.899. The van der Waals surface area contributed by atoms with E-state index in [0.29, 0.717) is 30.8 Å². The van der Waals surface area contributed by atoms with Gasteiger partial charge in [0.1, 0.15) is 5.75 Å². The Morgan fingerprint density at radius 3 is 2.63 bits per heavy atom. The van der Waals surface area contributed by atoms with Gasteiger partial charge in [-0.3, -0.25) is 9.59 Å². The van der Waals surface area contributed by atoms with Crippen LogP contribution in [-0.4, -0.2) is 53.1 Å². The summed E-state index contributed by atoms with van der Waals surface area (Å²) in [5, 5.41) is 14.3. The van der Waals surface area contributed by atoms with Crippen molar-refractivity contribution in [1.82, 2.24) is 10.2 Å². The summed E-state index contributed by atoms with van der Waals surface area (Å²) in [6, 6.07) is 4.80. The van der Waals surface area contributed by atoms with E-state index in [2.05, 4.69) is 10.6 Å². The Labute approximate surface area is 158 Å². The Morgan fingerprint density at radius 1 is 1.37 bits per heavy atom. The van der Waals surface area contributed by atoms with Crippen molar-refractivity contribution in [3.05, 3.63) is 23.8 Å². The summed E-state index contributed by atoms with van der Waals surface area (Å²) in [6.45, 7) is 6.06. The van der Waals surface area contributed by atoms with Crippen molar-refractivity contribution in [2.75, 3.05) is 18.9 Å². The van der Waals surface area contributed by atoms with E-state index in [-0.39, 0.29) is 12.3 Å². The Kier molecular flexibility index (Phi) is 6.30. The predicted octanol–water partition coefficient (Wildman–Crippen LogP) is 2.37. The second-order valence-corrected chi connectivity index (χ2v) is 7.49. The number of likely N-dealkylation sites (N-methyl/N-ethyl adjacent to an activating group) is 1. The van der Waals surface area contributed by atoms with Crippen LogP contribution in [0.5, 0.6) is 5.75 Å². The van der Waals surface area contributed by atoms with Crippen LogP contribution in [0.15, 0.2) is 18.2 Å². The van der Waals surface area contributed by atoms with E-state index >= 15 is 0 Å². The summed E-state index contributed by atoms with van der Waals surface area (Å²) < 4.78 is 5.76. The molecule has 0 radical (unpaired) electrons. The number of urea groups is 1. The molecule has 27 heavy (non-hydrogen) atoms. The highest BCUT2D eigenvalue weighted by Crippen LogP contribution is 2.24. The number of hydrogen-bond donors (Lipinski definition) is 3. The summed E-state index contributed by atoms with van der Waals surface area (Å²) in [7, 11) is 1.75. The molecule has 0 bridgehead atoms. The Bertz CT molecular complexity index is 732. The highest BCUT2D eigenvalue weighted by Gasteiger charge is 2.30. The highest BCUT2D eigenvalue weighted by molar-refractivity contribution is 5.90. The SMILES string of the molecule is Cc1cc(OC2CCN(C)C2=O)ccc1NC(=O)NC(C)(C)CCC(=O)O. The van der Waals surface area contributed by atoms with Crippen molar-refractivity contribution in [1.29, 1.82) is 0 Å². The van der Waals surface area contributed by atoms with E-state index < -0.39 is 23.6 Å². The third-order valence-corrected chi connectivity index (χ3v) is 4.52. The molecule has 0 aliphatic carbocycles. The summed E-state index contributed by atoms with van der Waals surface area (Å²) in [5.74, 6) is -0.352. The van der Waals surface area contributed by atoms with E-state index in [0.717, 1.165) is 5.56 Å². The fourth-order valence-corrected chi connectivity index (χ4v) is 2.86. The Balaban J connectivity index is 1.94. The first-order chi connectivity index (χ1) is 12.6. The van der Waals surface area contributed by atoms with Crippen molar-refractivity contribution in [2.45, 2.75) is 51.7 Å².